The lowest BCUT2D eigenvalue weighted by Crippen LogP contribution is -2.41. The molecule has 0 aromatic rings. The molecule has 1 aliphatic heterocycles. The maximum absolute atomic E-state index is 11.7. The van der Waals surface area contributed by atoms with Crippen LogP contribution in [0.4, 0.5) is 0 Å². The van der Waals surface area contributed by atoms with E-state index in [1.807, 2.05) is 0 Å². The van der Waals surface area contributed by atoms with Crippen LogP contribution in [0.25, 0.3) is 0 Å². The van der Waals surface area contributed by atoms with Gasteiger partial charge in [0.05, 0.1) is 25.6 Å². The van der Waals surface area contributed by atoms with Gasteiger partial charge in [-0.2, -0.15) is 0 Å². The zero-order chi connectivity index (χ0) is 18.7. The maximum atomic E-state index is 11.7. The Bertz CT molecular complexity index is 498. The van der Waals surface area contributed by atoms with Crippen molar-refractivity contribution >= 4 is 16.0 Å². The van der Waals surface area contributed by atoms with Crippen molar-refractivity contribution < 1.29 is 17.9 Å². The lowest BCUT2D eigenvalue weighted by atomic mass is 10.1. The van der Waals surface area contributed by atoms with E-state index in [4.69, 9.17) is 9.47 Å². The molecule has 1 unspecified atom stereocenters. The van der Waals surface area contributed by atoms with E-state index in [1.54, 1.807) is 28.1 Å². The normalized spacial score (nSPS) is 19.0. The number of likely N-dealkylation sites (tertiary alicyclic amines) is 1. The second-order valence-electron chi connectivity index (χ2n) is 6.22. The number of hydrogen-bond donors (Lipinski definition) is 1. The van der Waals surface area contributed by atoms with Crippen molar-refractivity contribution in [2.45, 2.75) is 19.8 Å². The van der Waals surface area contributed by atoms with Crippen molar-refractivity contribution in [1.82, 2.24) is 14.5 Å². The van der Waals surface area contributed by atoms with Crippen molar-refractivity contribution in [1.29, 1.82) is 0 Å². The van der Waals surface area contributed by atoms with Gasteiger partial charge in [-0.15, -0.1) is 0 Å². The van der Waals surface area contributed by atoms with E-state index in [0.717, 1.165) is 38.5 Å². The average Bonchev–Trinajstić information content (AvgIpc) is 3.07. The quantitative estimate of drug-likeness (QED) is 0.315. The fourth-order valence-corrected chi connectivity index (χ4v) is 3.60. The molecular formula is C16H34N4O4S. The molecule has 25 heavy (non-hydrogen) atoms. The summed E-state index contributed by atoms with van der Waals surface area (Å²) in [5.74, 6) is 1.52. The topological polar surface area (TPSA) is 83.5 Å². The number of methoxy groups -OCH3 is 1. The molecule has 0 amide bonds. The second-order valence-corrected chi connectivity index (χ2v) is 8.58. The van der Waals surface area contributed by atoms with Crippen LogP contribution in [0.1, 0.15) is 19.8 Å². The predicted octanol–water partition coefficient (Wildman–Crippen LogP) is 0.218. The SMILES string of the molecule is CCS(=O)(=O)N(C)CCCNC(=NC)N1CCC(COCCOC)C1. The summed E-state index contributed by atoms with van der Waals surface area (Å²) in [5, 5.41) is 3.33. The largest absolute Gasteiger partial charge is 0.382 e. The van der Waals surface area contributed by atoms with Gasteiger partial charge in [-0.25, -0.2) is 12.7 Å². The minimum Gasteiger partial charge on any atom is -0.382 e. The molecule has 148 valence electrons. The first-order valence-corrected chi connectivity index (χ1v) is 10.5. The minimum absolute atomic E-state index is 0.139. The Balaban J connectivity index is 2.27. The van der Waals surface area contributed by atoms with Gasteiger partial charge in [0.2, 0.25) is 10.0 Å². The van der Waals surface area contributed by atoms with E-state index in [9.17, 15) is 8.42 Å². The summed E-state index contributed by atoms with van der Waals surface area (Å²) in [4.78, 5) is 6.57. The van der Waals surface area contributed by atoms with Gasteiger partial charge in [0.1, 0.15) is 0 Å². The number of hydrogen-bond acceptors (Lipinski definition) is 5. The Kier molecular flexibility index (Phi) is 10.3. The summed E-state index contributed by atoms with van der Waals surface area (Å²) in [6, 6.07) is 0. The highest BCUT2D eigenvalue weighted by Gasteiger charge is 2.24. The molecule has 0 aliphatic carbocycles. The van der Waals surface area contributed by atoms with Crippen LogP contribution in [-0.4, -0.2) is 96.5 Å². The van der Waals surface area contributed by atoms with Crippen molar-refractivity contribution in [3.63, 3.8) is 0 Å². The third-order valence-corrected chi connectivity index (χ3v) is 6.22. The van der Waals surface area contributed by atoms with Crippen molar-refractivity contribution in [2.24, 2.45) is 10.9 Å². The Morgan fingerprint density at radius 2 is 2.16 bits per heavy atom. The van der Waals surface area contributed by atoms with Crippen molar-refractivity contribution in [3.8, 4) is 0 Å². The van der Waals surface area contributed by atoms with Crippen LogP contribution >= 0.6 is 0 Å². The van der Waals surface area contributed by atoms with Gasteiger partial charge in [0, 0.05) is 53.3 Å². The third-order valence-electron chi connectivity index (χ3n) is 4.36. The van der Waals surface area contributed by atoms with Gasteiger partial charge in [-0.05, 0) is 19.8 Å². The number of guanidine groups is 1. The molecule has 0 saturated carbocycles. The van der Waals surface area contributed by atoms with E-state index in [0.29, 0.717) is 32.2 Å². The van der Waals surface area contributed by atoms with E-state index in [1.165, 1.54) is 4.31 Å². The first kappa shape index (κ1) is 22.1. The zero-order valence-electron chi connectivity index (χ0n) is 16.0. The highest BCUT2D eigenvalue weighted by Crippen LogP contribution is 2.16. The monoisotopic (exact) mass is 378 g/mol. The number of nitrogens with one attached hydrogen (secondary N) is 1. The summed E-state index contributed by atoms with van der Waals surface area (Å²) < 4.78 is 35.4. The summed E-state index contributed by atoms with van der Waals surface area (Å²) in [6.07, 6.45) is 1.83. The fraction of sp³-hybridized carbons (Fsp3) is 0.938. The summed E-state index contributed by atoms with van der Waals surface area (Å²) in [6.45, 7) is 6.76. The van der Waals surface area contributed by atoms with Crippen molar-refractivity contribution in [2.75, 3.05) is 73.0 Å². The molecule has 0 aromatic carbocycles. The van der Waals surface area contributed by atoms with Crippen LogP contribution in [0.2, 0.25) is 0 Å². The van der Waals surface area contributed by atoms with E-state index < -0.39 is 10.0 Å². The van der Waals surface area contributed by atoms with Crippen molar-refractivity contribution in [3.05, 3.63) is 0 Å². The van der Waals surface area contributed by atoms with E-state index in [2.05, 4.69) is 15.2 Å². The second kappa shape index (κ2) is 11.7. The molecule has 1 atom stereocenters. The first-order valence-electron chi connectivity index (χ1n) is 8.90. The van der Waals surface area contributed by atoms with E-state index >= 15 is 0 Å². The fourth-order valence-electron chi connectivity index (χ4n) is 2.75. The van der Waals surface area contributed by atoms with E-state index in [-0.39, 0.29) is 5.75 Å². The zero-order valence-corrected chi connectivity index (χ0v) is 16.8. The summed E-state index contributed by atoms with van der Waals surface area (Å²) >= 11 is 0. The van der Waals surface area contributed by atoms with Crippen LogP contribution in [0.5, 0.6) is 0 Å². The van der Waals surface area contributed by atoms with Gasteiger partial charge in [0.25, 0.3) is 0 Å². The lowest BCUT2D eigenvalue weighted by molar-refractivity contribution is 0.0536. The van der Waals surface area contributed by atoms with Gasteiger partial charge in [-0.1, -0.05) is 0 Å². The van der Waals surface area contributed by atoms with Crippen LogP contribution in [0.15, 0.2) is 4.99 Å². The molecule has 0 bridgehead atoms. The van der Waals surface area contributed by atoms with Gasteiger partial charge in [-0.3, -0.25) is 4.99 Å². The molecule has 9 heteroatoms. The molecule has 1 rings (SSSR count). The van der Waals surface area contributed by atoms with Gasteiger partial charge in [0.15, 0.2) is 5.96 Å². The highest BCUT2D eigenvalue weighted by atomic mass is 32.2. The van der Waals surface area contributed by atoms with Gasteiger partial charge < -0.3 is 19.7 Å². The highest BCUT2D eigenvalue weighted by molar-refractivity contribution is 7.89. The Hall–Kier alpha value is -0.900. The number of nitrogens with zero attached hydrogens (tertiary/aromatic N) is 3. The van der Waals surface area contributed by atoms with Crippen LogP contribution in [-0.2, 0) is 19.5 Å². The van der Waals surface area contributed by atoms with Crippen LogP contribution in [0, 0.1) is 5.92 Å². The molecule has 0 radical (unpaired) electrons. The molecule has 1 N–H and O–H groups in total. The minimum atomic E-state index is -3.10. The molecule has 0 aromatic heterocycles. The lowest BCUT2D eigenvalue weighted by Gasteiger charge is -2.22. The number of sulfonamides is 1. The standard InChI is InChI=1S/C16H34N4O4S/c1-5-25(21,22)19(3)9-6-8-18-16(17-2)20-10-7-15(13-20)14-24-12-11-23-4/h15H,5-14H2,1-4H3,(H,17,18). The number of aliphatic imine (C=N–C) groups is 1. The third kappa shape index (κ3) is 7.89. The predicted molar refractivity (Wildman–Crippen MR) is 100 cm³/mol. The first-order chi connectivity index (χ1) is 11.9. The molecule has 1 fully saturated rings. The molecule has 1 saturated heterocycles. The summed E-state index contributed by atoms with van der Waals surface area (Å²) in [5.41, 5.74) is 0. The molecule has 8 nitrogen and oxygen atoms in total. The molecular weight excluding hydrogens is 344 g/mol. The number of ether oxygens (including phenoxy) is 2. The Morgan fingerprint density at radius 1 is 1.40 bits per heavy atom. The Morgan fingerprint density at radius 3 is 2.80 bits per heavy atom. The number of rotatable bonds is 11. The maximum Gasteiger partial charge on any atom is 0.213 e. The van der Waals surface area contributed by atoms with Crippen LogP contribution in [0.3, 0.4) is 0 Å². The smallest absolute Gasteiger partial charge is 0.213 e. The molecule has 0 spiro atoms. The Labute approximate surface area is 152 Å². The average molecular weight is 379 g/mol. The van der Waals surface area contributed by atoms with Crippen LogP contribution < -0.4 is 5.32 Å². The van der Waals surface area contributed by atoms with Gasteiger partial charge >= 0.3 is 0 Å². The molecule has 1 heterocycles. The summed E-state index contributed by atoms with van der Waals surface area (Å²) in [7, 11) is 1.98. The molecule has 1 aliphatic rings.